The van der Waals surface area contributed by atoms with Crippen LogP contribution < -0.4 is 9.64 Å². The van der Waals surface area contributed by atoms with Crippen LogP contribution in [0.3, 0.4) is 0 Å². The van der Waals surface area contributed by atoms with Crippen LogP contribution in [0, 0.1) is 0 Å². The summed E-state index contributed by atoms with van der Waals surface area (Å²) in [6.07, 6.45) is 1.14. The first-order valence-electron chi connectivity index (χ1n) is 9.64. The Kier molecular flexibility index (Phi) is 6.51. The number of carboxylic acid groups (broad SMARTS) is 1. The minimum absolute atomic E-state index is 0.0523. The second-order valence-corrected chi connectivity index (χ2v) is 7.09. The van der Waals surface area contributed by atoms with Gasteiger partial charge >= 0.3 is 5.97 Å². The number of para-hydroxylation sites is 2. The molecule has 2 amide bonds. The van der Waals surface area contributed by atoms with Crippen LogP contribution in [0.25, 0.3) is 0 Å². The maximum absolute atomic E-state index is 12.8. The Hall–Kier alpha value is -2.61. The van der Waals surface area contributed by atoms with Gasteiger partial charge in [-0.05, 0) is 31.9 Å². The fourth-order valence-corrected chi connectivity index (χ4v) is 3.54. The van der Waals surface area contributed by atoms with Crippen molar-refractivity contribution in [3.8, 4) is 5.75 Å². The fourth-order valence-electron chi connectivity index (χ4n) is 3.54. The standard InChI is InChI=1S/C20H26N2O6/c1-14-20(26)22(16-6-2-3-7-17(16)28-14)11-8-18(23)21(10-9-19(24)25)13-15-5-4-12-27-15/h2-3,6-7,14-15H,4-5,8-13H2,1H3,(H,24,25)/t14-,15+/m0/s1. The summed E-state index contributed by atoms with van der Waals surface area (Å²) in [5.74, 6) is -0.704. The van der Waals surface area contributed by atoms with Crippen LogP contribution in [0.5, 0.6) is 5.75 Å². The lowest BCUT2D eigenvalue weighted by atomic mass is 10.1. The molecule has 1 saturated heterocycles. The molecule has 0 radical (unpaired) electrons. The molecule has 1 aromatic rings. The third-order valence-corrected chi connectivity index (χ3v) is 5.02. The second-order valence-electron chi connectivity index (χ2n) is 7.09. The van der Waals surface area contributed by atoms with E-state index in [2.05, 4.69) is 0 Å². The molecule has 1 fully saturated rings. The zero-order valence-electron chi connectivity index (χ0n) is 16.0. The normalized spacial score (nSPS) is 21.2. The maximum atomic E-state index is 12.8. The Morgan fingerprint density at radius 3 is 2.79 bits per heavy atom. The number of nitrogens with zero attached hydrogens (tertiary/aromatic N) is 2. The molecule has 152 valence electrons. The lowest BCUT2D eigenvalue weighted by molar-refractivity contribution is -0.139. The highest BCUT2D eigenvalue weighted by atomic mass is 16.5. The number of carbonyl (C=O) groups is 3. The molecular formula is C20H26N2O6. The molecule has 1 N–H and O–H groups in total. The van der Waals surface area contributed by atoms with Gasteiger partial charge in [-0.3, -0.25) is 14.4 Å². The lowest BCUT2D eigenvalue weighted by Crippen LogP contribution is -2.46. The molecule has 0 unspecified atom stereocenters. The number of carboxylic acids is 1. The number of rotatable bonds is 8. The molecule has 8 nitrogen and oxygen atoms in total. The van der Waals surface area contributed by atoms with E-state index >= 15 is 0 Å². The maximum Gasteiger partial charge on any atom is 0.305 e. The summed E-state index contributed by atoms with van der Waals surface area (Å²) in [5.41, 5.74) is 0.648. The Balaban J connectivity index is 1.65. The lowest BCUT2D eigenvalue weighted by Gasteiger charge is -2.33. The van der Waals surface area contributed by atoms with Crippen LogP contribution in [-0.4, -0.2) is 66.2 Å². The molecule has 2 atom stereocenters. The van der Waals surface area contributed by atoms with Gasteiger partial charge in [0.25, 0.3) is 5.91 Å². The van der Waals surface area contributed by atoms with E-state index in [0.717, 1.165) is 12.8 Å². The van der Waals surface area contributed by atoms with Gasteiger partial charge in [-0.15, -0.1) is 0 Å². The van der Waals surface area contributed by atoms with E-state index in [1.54, 1.807) is 28.9 Å². The number of anilines is 1. The van der Waals surface area contributed by atoms with Gasteiger partial charge < -0.3 is 24.4 Å². The van der Waals surface area contributed by atoms with Gasteiger partial charge in [0, 0.05) is 32.7 Å². The molecule has 0 aromatic heterocycles. The molecule has 0 saturated carbocycles. The Labute approximate surface area is 164 Å². The van der Waals surface area contributed by atoms with Crippen molar-refractivity contribution in [1.82, 2.24) is 4.90 Å². The van der Waals surface area contributed by atoms with Gasteiger partial charge in [-0.2, -0.15) is 0 Å². The molecule has 1 aromatic carbocycles. The van der Waals surface area contributed by atoms with E-state index in [1.165, 1.54) is 0 Å². The van der Waals surface area contributed by atoms with Gasteiger partial charge in [0.15, 0.2) is 6.10 Å². The van der Waals surface area contributed by atoms with Crippen molar-refractivity contribution in [3.05, 3.63) is 24.3 Å². The molecule has 2 aliphatic rings. The molecule has 28 heavy (non-hydrogen) atoms. The Morgan fingerprint density at radius 1 is 1.29 bits per heavy atom. The van der Waals surface area contributed by atoms with Gasteiger partial charge in [0.2, 0.25) is 5.91 Å². The summed E-state index contributed by atoms with van der Waals surface area (Å²) in [7, 11) is 0. The van der Waals surface area contributed by atoms with E-state index in [-0.39, 0.29) is 43.8 Å². The van der Waals surface area contributed by atoms with Crippen LogP contribution in [-0.2, 0) is 19.1 Å². The average molecular weight is 390 g/mol. The average Bonchev–Trinajstić information content (AvgIpc) is 3.18. The zero-order valence-corrected chi connectivity index (χ0v) is 16.0. The number of ether oxygens (including phenoxy) is 2. The van der Waals surface area contributed by atoms with Crippen molar-refractivity contribution in [3.63, 3.8) is 0 Å². The van der Waals surface area contributed by atoms with Gasteiger partial charge in [0.1, 0.15) is 5.75 Å². The van der Waals surface area contributed by atoms with E-state index in [4.69, 9.17) is 14.6 Å². The van der Waals surface area contributed by atoms with Gasteiger partial charge in [-0.25, -0.2) is 0 Å². The molecule has 8 heteroatoms. The summed E-state index contributed by atoms with van der Waals surface area (Å²) < 4.78 is 11.2. The SMILES string of the molecule is C[C@@H]1Oc2ccccc2N(CCC(=O)N(CCC(=O)O)C[C@H]2CCCO2)C1=O. The van der Waals surface area contributed by atoms with Crippen LogP contribution in [0.2, 0.25) is 0 Å². The summed E-state index contributed by atoms with van der Waals surface area (Å²) >= 11 is 0. The summed E-state index contributed by atoms with van der Waals surface area (Å²) in [5, 5.41) is 8.98. The van der Waals surface area contributed by atoms with Crippen LogP contribution >= 0.6 is 0 Å². The highest BCUT2D eigenvalue weighted by molar-refractivity contribution is 6.00. The number of benzene rings is 1. The van der Waals surface area contributed by atoms with Crippen molar-refractivity contribution >= 4 is 23.5 Å². The first kappa shape index (κ1) is 20.1. The third kappa shape index (κ3) is 4.81. The Morgan fingerprint density at radius 2 is 2.07 bits per heavy atom. The first-order chi connectivity index (χ1) is 13.5. The largest absolute Gasteiger partial charge is 0.481 e. The summed E-state index contributed by atoms with van der Waals surface area (Å²) in [6.45, 7) is 3.10. The number of carbonyl (C=O) groups excluding carboxylic acids is 2. The number of fused-ring (bicyclic) bond motifs is 1. The monoisotopic (exact) mass is 390 g/mol. The number of amides is 2. The van der Waals surface area contributed by atoms with Crippen molar-refractivity contribution in [2.45, 2.75) is 44.8 Å². The second kappa shape index (κ2) is 9.05. The highest BCUT2D eigenvalue weighted by Gasteiger charge is 2.32. The molecule has 2 aliphatic heterocycles. The molecule has 0 bridgehead atoms. The molecule has 2 heterocycles. The van der Waals surface area contributed by atoms with Crippen LogP contribution in [0.15, 0.2) is 24.3 Å². The van der Waals surface area contributed by atoms with E-state index in [1.807, 2.05) is 12.1 Å². The van der Waals surface area contributed by atoms with E-state index in [9.17, 15) is 14.4 Å². The van der Waals surface area contributed by atoms with Crippen molar-refractivity contribution in [2.24, 2.45) is 0 Å². The summed E-state index contributed by atoms with van der Waals surface area (Å²) in [4.78, 5) is 39.4. The first-order valence-corrected chi connectivity index (χ1v) is 9.64. The number of hydrogen-bond acceptors (Lipinski definition) is 5. The third-order valence-electron chi connectivity index (χ3n) is 5.02. The quantitative estimate of drug-likeness (QED) is 0.725. The predicted molar refractivity (Wildman–Crippen MR) is 101 cm³/mol. The Bertz CT molecular complexity index is 731. The number of aliphatic carboxylic acids is 1. The number of hydrogen-bond donors (Lipinski definition) is 1. The topological polar surface area (TPSA) is 96.4 Å². The van der Waals surface area contributed by atoms with Crippen molar-refractivity contribution < 1.29 is 29.0 Å². The molecule has 0 spiro atoms. The van der Waals surface area contributed by atoms with Gasteiger partial charge in [0.05, 0.1) is 18.2 Å². The van der Waals surface area contributed by atoms with E-state index < -0.39 is 12.1 Å². The molecule has 3 rings (SSSR count). The predicted octanol–water partition coefficient (Wildman–Crippen LogP) is 1.67. The molecular weight excluding hydrogens is 364 g/mol. The summed E-state index contributed by atoms with van der Waals surface area (Å²) in [6, 6.07) is 7.23. The smallest absolute Gasteiger partial charge is 0.305 e. The highest BCUT2D eigenvalue weighted by Crippen LogP contribution is 2.33. The van der Waals surface area contributed by atoms with Crippen molar-refractivity contribution in [1.29, 1.82) is 0 Å². The van der Waals surface area contributed by atoms with E-state index in [0.29, 0.717) is 24.6 Å². The van der Waals surface area contributed by atoms with Gasteiger partial charge in [-0.1, -0.05) is 12.1 Å². The zero-order chi connectivity index (χ0) is 20.1. The minimum Gasteiger partial charge on any atom is -0.481 e. The van der Waals surface area contributed by atoms with Crippen molar-refractivity contribution in [2.75, 3.05) is 31.1 Å². The minimum atomic E-state index is -0.948. The fraction of sp³-hybridized carbons (Fsp3) is 0.550. The molecule has 0 aliphatic carbocycles. The van der Waals surface area contributed by atoms with Crippen LogP contribution in [0.4, 0.5) is 5.69 Å². The van der Waals surface area contributed by atoms with Crippen LogP contribution in [0.1, 0.15) is 32.6 Å².